The van der Waals surface area contributed by atoms with E-state index in [1.165, 1.54) is 17.3 Å². The normalized spacial score (nSPS) is 10.9. The molecule has 88 valence electrons. The molecule has 0 N–H and O–H groups in total. The fraction of sp³-hybridized carbons (Fsp3) is 0.385. The number of ether oxygens (including phenoxy) is 1. The van der Waals surface area contributed by atoms with E-state index in [2.05, 4.69) is 34.7 Å². The van der Waals surface area contributed by atoms with Crippen molar-refractivity contribution in [2.75, 3.05) is 11.5 Å². The van der Waals surface area contributed by atoms with E-state index in [0.29, 0.717) is 5.02 Å². The van der Waals surface area contributed by atoms with Crippen LogP contribution in [0.1, 0.15) is 24.8 Å². The summed E-state index contributed by atoms with van der Waals surface area (Å²) in [5.41, 5.74) is 1.08. The van der Waals surface area contributed by atoms with Crippen molar-refractivity contribution in [3.05, 3.63) is 34.9 Å². The first kappa shape index (κ1) is 13.8. The molecule has 0 heterocycles. The number of halogens is 2. The van der Waals surface area contributed by atoms with Crippen LogP contribution in [0, 0.1) is 0 Å². The Hall–Kier alpha value is -0.220. The van der Waals surface area contributed by atoms with Crippen molar-refractivity contribution >= 4 is 40.3 Å². The van der Waals surface area contributed by atoms with Gasteiger partial charge in [-0.3, -0.25) is 0 Å². The van der Waals surface area contributed by atoms with Crippen molar-refractivity contribution in [1.29, 1.82) is 0 Å². The van der Waals surface area contributed by atoms with Gasteiger partial charge in [0.1, 0.15) is 5.75 Å². The second-order valence-corrected chi connectivity index (χ2v) is 4.99. The van der Waals surface area contributed by atoms with Gasteiger partial charge in [0.2, 0.25) is 0 Å². The van der Waals surface area contributed by atoms with Gasteiger partial charge in [0.05, 0.1) is 7.11 Å². The molecule has 0 amide bonds. The van der Waals surface area contributed by atoms with Crippen LogP contribution >= 0.6 is 34.2 Å². The molecule has 0 saturated heterocycles. The average molecular weight is 351 g/mol. The summed E-state index contributed by atoms with van der Waals surface area (Å²) in [6.45, 7) is 0. The molecule has 1 aromatic carbocycles. The highest BCUT2D eigenvalue weighted by molar-refractivity contribution is 14.1. The first-order valence-electron chi connectivity index (χ1n) is 5.34. The van der Waals surface area contributed by atoms with E-state index in [9.17, 15) is 0 Å². The Labute approximate surface area is 116 Å². The molecule has 1 rings (SSSR count). The highest BCUT2D eigenvalue weighted by Crippen LogP contribution is 2.24. The van der Waals surface area contributed by atoms with E-state index in [0.717, 1.165) is 17.7 Å². The number of unbranched alkanes of at least 4 members (excludes halogenated alkanes) is 2. The number of alkyl halides is 1. The van der Waals surface area contributed by atoms with E-state index in [1.807, 2.05) is 18.2 Å². The van der Waals surface area contributed by atoms with Crippen molar-refractivity contribution in [2.24, 2.45) is 0 Å². The lowest BCUT2D eigenvalue weighted by Gasteiger charge is -2.04. The number of hydrogen-bond acceptors (Lipinski definition) is 1. The Morgan fingerprint density at radius 1 is 1.38 bits per heavy atom. The molecular weight excluding hydrogens is 334 g/mol. The van der Waals surface area contributed by atoms with Gasteiger partial charge in [-0.2, -0.15) is 0 Å². The van der Waals surface area contributed by atoms with Gasteiger partial charge in [-0.05, 0) is 41.9 Å². The van der Waals surface area contributed by atoms with Gasteiger partial charge >= 0.3 is 0 Å². The van der Waals surface area contributed by atoms with Gasteiger partial charge < -0.3 is 4.74 Å². The molecule has 16 heavy (non-hydrogen) atoms. The third kappa shape index (κ3) is 4.74. The Kier molecular flexibility index (Phi) is 6.88. The molecule has 0 atom stereocenters. The van der Waals surface area contributed by atoms with Gasteiger partial charge in [0.25, 0.3) is 0 Å². The maximum Gasteiger partial charge on any atom is 0.127 e. The van der Waals surface area contributed by atoms with E-state index in [1.54, 1.807) is 7.11 Å². The molecule has 0 aliphatic heterocycles. The Morgan fingerprint density at radius 3 is 2.88 bits per heavy atom. The second kappa shape index (κ2) is 7.96. The number of methoxy groups -OCH3 is 1. The second-order valence-electron chi connectivity index (χ2n) is 3.47. The van der Waals surface area contributed by atoms with E-state index >= 15 is 0 Å². The minimum absolute atomic E-state index is 0.707. The summed E-state index contributed by atoms with van der Waals surface area (Å²) in [4.78, 5) is 0. The van der Waals surface area contributed by atoms with Crippen LogP contribution in [0.5, 0.6) is 5.75 Å². The summed E-state index contributed by atoms with van der Waals surface area (Å²) >= 11 is 8.30. The fourth-order valence-electron chi connectivity index (χ4n) is 1.39. The van der Waals surface area contributed by atoms with Gasteiger partial charge in [0, 0.05) is 10.6 Å². The van der Waals surface area contributed by atoms with Crippen LogP contribution in [0.2, 0.25) is 5.02 Å². The smallest absolute Gasteiger partial charge is 0.127 e. The predicted octanol–water partition coefficient (Wildman–Crippen LogP) is 4.97. The van der Waals surface area contributed by atoms with Crippen LogP contribution in [0.4, 0.5) is 0 Å². The molecule has 0 bridgehead atoms. The lowest BCUT2D eigenvalue weighted by Crippen LogP contribution is -1.86. The lowest BCUT2D eigenvalue weighted by atomic mass is 10.1. The predicted molar refractivity (Wildman–Crippen MR) is 79.8 cm³/mol. The van der Waals surface area contributed by atoms with Crippen LogP contribution in [0.3, 0.4) is 0 Å². The topological polar surface area (TPSA) is 9.23 Å². The lowest BCUT2D eigenvalue weighted by molar-refractivity contribution is 0.414. The SMILES string of the molecule is COc1cc(Cl)ccc1C=CCCCCI. The van der Waals surface area contributed by atoms with Crippen molar-refractivity contribution in [3.63, 3.8) is 0 Å². The molecule has 1 aromatic rings. The van der Waals surface area contributed by atoms with Gasteiger partial charge in [0.15, 0.2) is 0 Å². The van der Waals surface area contributed by atoms with Gasteiger partial charge in [-0.25, -0.2) is 0 Å². The molecular formula is C13H16ClIO. The van der Waals surface area contributed by atoms with Crippen molar-refractivity contribution in [1.82, 2.24) is 0 Å². The summed E-state index contributed by atoms with van der Waals surface area (Å²) in [5, 5.41) is 0.707. The zero-order valence-electron chi connectivity index (χ0n) is 9.38. The zero-order valence-corrected chi connectivity index (χ0v) is 12.3. The molecule has 1 nitrogen and oxygen atoms in total. The van der Waals surface area contributed by atoms with E-state index < -0.39 is 0 Å². The first-order chi connectivity index (χ1) is 7.77. The zero-order chi connectivity index (χ0) is 11.8. The van der Waals surface area contributed by atoms with Crippen LogP contribution in [0.15, 0.2) is 24.3 Å². The Bertz CT molecular complexity index is 350. The Balaban J connectivity index is 2.58. The summed E-state index contributed by atoms with van der Waals surface area (Å²) < 4.78 is 6.50. The summed E-state index contributed by atoms with van der Waals surface area (Å²) in [6, 6.07) is 5.70. The largest absolute Gasteiger partial charge is 0.496 e. The third-order valence-corrected chi connectivity index (χ3v) is 3.25. The standard InChI is InChI=1S/C13H16ClIO/c1-16-13-10-12(14)8-7-11(13)6-4-2-3-5-9-15/h4,6-8,10H,2-3,5,9H2,1H3. The van der Waals surface area contributed by atoms with Crippen LogP contribution in [-0.2, 0) is 0 Å². The molecule has 0 spiro atoms. The van der Waals surface area contributed by atoms with E-state index in [4.69, 9.17) is 16.3 Å². The highest BCUT2D eigenvalue weighted by Gasteiger charge is 1.99. The molecule has 0 unspecified atom stereocenters. The summed E-state index contributed by atoms with van der Waals surface area (Å²) in [6.07, 6.45) is 7.94. The maximum absolute atomic E-state index is 5.89. The minimum Gasteiger partial charge on any atom is -0.496 e. The van der Waals surface area contributed by atoms with Gasteiger partial charge in [-0.1, -0.05) is 46.3 Å². The molecule has 0 aliphatic carbocycles. The Morgan fingerprint density at radius 2 is 2.19 bits per heavy atom. The fourth-order valence-corrected chi connectivity index (χ4v) is 2.09. The summed E-state index contributed by atoms with van der Waals surface area (Å²) in [5.74, 6) is 0.831. The van der Waals surface area contributed by atoms with Gasteiger partial charge in [-0.15, -0.1) is 0 Å². The number of rotatable bonds is 6. The van der Waals surface area contributed by atoms with Crippen molar-refractivity contribution in [3.8, 4) is 5.75 Å². The summed E-state index contributed by atoms with van der Waals surface area (Å²) in [7, 11) is 1.67. The molecule has 3 heteroatoms. The van der Waals surface area contributed by atoms with Crippen molar-refractivity contribution < 1.29 is 4.74 Å². The maximum atomic E-state index is 5.89. The quantitative estimate of drug-likeness (QED) is 0.400. The van der Waals surface area contributed by atoms with Crippen LogP contribution < -0.4 is 4.74 Å². The minimum atomic E-state index is 0.707. The van der Waals surface area contributed by atoms with Crippen LogP contribution in [-0.4, -0.2) is 11.5 Å². The monoisotopic (exact) mass is 350 g/mol. The number of allylic oxidation sites excluding steroid dienone is 1. The molecule has 0 aliphatic rings. The first-order valence-corrected chi connectivity index (χ1v) is 7.24. The average Bonchev–Trinajstić information content (AvgIpc) is 2.30. The third-order valence-electron chi connectivity index (χ3n) is 2.25. The van der Waals surface area contributed by atoms with E-state index in [-0.39, 0.29) is 0 Å². The van der Waals surface area contributed by atoms with Crippen molar-refractivity contribution in [2.45, 2.75) is 19.3 Å². The molecule has 0 fully saturated rings. The molecule has 0 saturated carbocycles. The molecule has 0 aromatic heterocycles. The highest BCUT2D eigenvalue weighted by atomic mass is 127. The number of hydrogen-bond donors (Lipinski definition) is 0. The van der Waals surface area contributed by atoms with Crippen LogP contribution in [0.25, 0.3) is 6.08 Å². The molecule has 0 radical (unpaired) electrons. The number of benzene rings is 1.